The van der Waals surface area contributed by atoms with Gasteiger partial charge in [-0.1, -0.05) is 30.3 Å². The summed E-state index contributed by atoms with van der Waals surface area (Å²) in [5, 5.41) is 0. The van der Waals surface area contributed by atoms with E-state index in [2.05, 4.69) is 0 Å². The number of hydrogen-bond donors (Lipinski definition) is 1. The molecule has 1 fully saturated rings. The topological polar surface area (TPSA) is 72.6 Å². The van der Waals surface area contributed by atoms with Gasteiger partial charge in [0.1, 0.15) is 0 Å². The summed E-state index contributed by atoms with van der Waals surface area (Å²) in [7, 11) is -3.36. The number of nitrogens with zero attached hydrogens (tertiary/aromatic N) is 1. The van der Waals surface area contributed by atoms with Crippen LogP contribution in [0.4, 0.5) is 0 Å². The van der Waals surface area contributed by atoms with E-state index in [0.29, 0.717) is 13.2 Å². The molecule has 0 amide bonds. The molecule has 17 heavy (non-hydrogen) atoms. The van der Waals surface area contributed by atoms with Crippen LogP contribution in [0.1, 0.15) is 5.56 Å². The molecule has 2 rings (SSSR count). The van der Waals surface area contributed by atoms with E-state index in [4.69, 9.17) is 10.5 Å². The van der Waals surface area contributed by atoms with Crippen molar-refractivity contribution < 1.29 is 13.2 Å². The van der Waals surface area contributed by atoms with Crippen LogP contribution in [0.15, 0.2) is 30.3 Å². The van der Waals surface area contributed by atoms with E-state index in [-0.39, 0.29) is 12.4 Å². The monoisotopic (exact) mass is 256 g/mol. The van der Waals surface area contributed by atoms with Crippen molar-refractivity contribution in [2.24, 2.45) is 5.73 Å². The zero-order valence-corrected chi connectivity index (χ0v) is 10.3. The molecule has 6 heteroatoms. The Hall–Kier alpha value is -0.950. The van der Waals surface area contributed by atoms with Crippen molar-refractivity contribution >= 4 is 10.0 Å². The minimum atomic E-state index is -3.36. The Morgan fingerprint density at radius 3 is 2.71 bits per heavy atom. The first kappa shape index (κ1) is 12.5. The third-order valence-corrected chi connectivity index (χ3v) is 4.53. The summed E-state index contributed by atoms with van der Waals surface area (Å²) >= 11 is 0. The van der Waals surface area contributed by atoms with Gasteiger partial charge in [-0.25, -0.2) is 8.42 Å². The fourth-order valence-electron chi connectivity index (χ4n) is 1.82. The molecule has 0 bridgehead atoms. The van der Waals surface area contributed by atoms with Gasteiger partial charge in [-0.2, -0.15) is 4.31 Å². The number of nitrogens with two attached hydrogens (primary N) is 1. The highest BCUT2D eigenvalue weighted by Crippen LogP contribution is 2.14. The molecule has 1 aromatic rings. The molecule has 1 aromatic carbocycles. The zero-order chi connectivity index (χ0) is 12.3. The standard InChI is InChI=1S/C11H16N2O3S/c12-11-8-16-7-6-13(11)17(14,15)9-10-4-2-1-3-5-10/h1-5,11H,6-9,12H2. The lowest BCUT2D eigenvalue weighted by Gasteiger charge is -2.31. The lowest BCUT2D eigenvalue weighted by Crippen LogP contribution is -2.53. The third-order valence-electron chi connectivity index (χ3n) is 2.66. The fraction of sp³-hybridized carbons (Fsp3) is 0.455. The third kappa shape index (κ3) is 3.04. The highest BCUT2D eigenvalue weighted by molar-refractivity contribution is 7.88. The SMILES string of the molecule is NC1COCCN1S(=O)(=O)Cc1ccccc1. The van der Waals surface area contributed by atoms with Gasteiger partial charge in [-0.3, -0.25) is 0 Å². The first-order chi connectivity index (χ1) is 8.09. The molecule has 2 N–H and O–H groups in total. The second kappa shape index (κ2) is 5.14. The summed E-state index contributed by atoms with van der Waals surface area (Å²) in [4.78, 5) is 0. The van der Waals surface area contributed by atoms with E-state index in [1.807, 2.05) is 18.2 Å². The smallest absolute Gasteiger partial charge is 0.219 e. The maximum absolute atomic E-state index is 12.2. The molecule has 5 nitrogen and oxygen atoms in total. The normalized spacial score (nSPS) is 22.5. The minimum Gasteiger partial charge on any atom is -0.377 e. The van der Waals surface area contributed by atoms with Gasteiger partial charge in [0.15, 0.2) is 0 Å². The maximum atomic E-state index is 12.2. The quantitative estimate of drug-likeness (QED) is 0.834. The molecule has 0 aliphatic carbocycles. The van der Waals surface area contributed by atoms with Crippen LogP contribution in [0.25, 0.3) is 0 Å². The summed E-state index contributed by atoms with van der Waals surface area (Å²) < 4.78 is 30.8. The Labute approximate surface area is 101 Å². The van der Waals surface area contributed by atoms with Gasteiger partial charge in [-0.15, -0.1) is 0 Å². The highest BCUT2D eigenvalue weighted by atomic mass is 32.2. The first-order valence-electron chi connectivity index (χ1n) is 5.46. The first-order valence-corrected chi connectivity index (χ1v) is 7.07. The van der Waals surface area contributed by atoms with Crippen LogP contribution in [-0.4, -0.2) is 38.6 Å². The lowest BCUT2D eigenvalue weighted by atomic mass is 10.2. The number of hydrogen-bond acceptors (Lipinski definition) is 4. The van der Waals surface area contributed by atoms with Crippen molar-refractivity contribution in [2.45, 2.75) is 11.9 Å². The van der Waals surface area contributed by atoms with Crippen LogP contribution < -0.4 is 5.73 Å². The molecule has 1 aliphatic rings. The van der Waals surface area contributed by atoms with Crippen molar-refractivity contribution in [2.75, 3.05) is 19.8 Å². The van der Waals surface area contributed by atoms with Crippen molar-refractivity contribution in [1.29, 1.82) is 0 Å². The van der Waals surface area contributed by atoms with Crippen LogP contribution in [0.2, 0.25) is 0 Å². The van der Waals surface area contributed by atoms with Crippen molar-refractivity contribution in [3.05, 3.63) is 35.9 Å². The van der Waals surface area contributed by atoms with Crippen LogP contribution in [0.3, 0.4) is 0 Å². The number of rotatable bonds is 3. The molecule has 1 heterocycles. The Morgan fingerprint density at radius 2 is 2.06 bits per heavy atom. The van der Waals surface area contributed by atoms with E-state index in [1.54, 1.807) is 12.1 Å². The number of morpholine rings is 1. The molecule has 0 aromatic heterocycles. The summed E-state index contributed by atoms with van der Waals surface area (Å²) in [6.07, 6.45) is -0.572. The predicted octanol–water partition coefficient (Wildman–Crippen LogP) is 0.133. The number of ether oxygens (including phenoxy) is 1. The predicted molar refractivity (Wildman–Crippen MR) is 64.6 cm³/mol. The van der Waals surface area contributed by atoms with Gasteiger partial charge < -0.3 is 10.5 Å². The summed E-state index contributed by atoms with van der Waals surface area (Å²) in [5.41, 5.74) is 6.51. The van der Waals surface area contributed by atoms with Crippen molar-refractivity contribution in [1.82, 2.24) is 4.31 Å². The van der Waals surface area contributed by atoms with E-state index >= 15 is 0 Å². The molecule has 0 radical (unpaired) electrons. The lowest BCUT2D eigenvalue weighted by molar-refractivity contribution is 0.0349. The van der Waals surface area contributed by atoms with E-state index < -0.39 is 16.2 Å². The van der Waals surface area contributed by atoms with Crippen LogP contribution >= 0.6 is 0 Å². The summed E-state index contributed by atoms with van der Waals surface area (Å²) in [6, 6.07) is 9.10. The van der Waals surface area contributed by atoms with Gasteiger partial charge in [0, 0.05) is 6.54 Å². The number of benzene rings is 1. The van der Waals surface area contributed by atoms with E-state index in [0.717, 1.165) is 5.56 Å². The summed E-state index contributed by atoms with van der Waals surface area (Å²) in [6.45, 7) is 0.992. The fourth-order valence-corrected chi connectivity index (χ4v) is 3.43. The largest absolute Gasteiger partial charge is 0.377 e. The molecule has 94 valence electrons. The Kier molecular flexibility index (Phi) is 3.78. The average Bonchev–Trinajstić information content (AvgIpc) is 2.30. The molecule has 1 aliphatic heterocycles. The summed E-state index contributed by atoms with van der Waals surface area (Å²) in [5.74, 6) is -0.0124. The highest BCUT2D eigenvalue weighted by Gasteiger charge is 2.30. The molecular formula is C11H16N2O3S. The molecule has 1 atom stereocenters. The second-order valence-corrected chi connectivity index (χ2v) is 5.92. The van der Waals surface area contributed by atoms with Gasteiger partial charge >= 0.3 is 0 Å². The minimum absolute atomic E-state index is 0.0124. The van der Waals surface area contributed by atoms with Crippen molar-refractivity contribution in [3.8, 4) is 0 Å². The molecular weight excluding hydrogens is 240 g/mol. The molecule has 0 saturated carbocycles. The molecule has 1 unspecified atom stereocenters. The van der Waals surface area contributed by atoms with Gasteiger partial charge in [0.25, 0.3) is 0 Å². The zero-order valence-electron chi connectivity index (χ0n) is 9.45. The Bertz CT molecular complexity index is 461. The van der Waals surface area contributed by atoms with Gasteiger partial charge in [0.2, 0.25) is 10.0 Å². The van der Waals surface area contributed by atoms with Crippen LogP contribution in [-0.2, 0) is 20.5 Å². The average molecular weight is 256 g/mol. The molecule has 0 spiro atoms. The van der Waals surface area contributed by atoms with Gasteiger partial charge in [-0.05, 0) is 5.56 Å². The van der Waals surface area contributed by atoms with Crippen LogP contribution in [0, 0.1) is 0 Å². The number of sulfonamides is 1. The van der Waals surface area contributed by atoms with Crippen molar-refractivity contribution in [3.63, 3.8) is 0 Å². The van der Waals surface area contributed by atoms with E-state index in [1.165, 1.54) is 4.31 Å². The Balaban J connectivity index is 2.13. The van der Waals surface area contributed by atoms with Crippen LogP contribution in [0.5, 0.6) is 0 Å². The van der Waals surface area contributed by atoms with Gasteiger partial charge in [0.05, 0.1) is 25.1 Å². The maximum Gasteiger partial charge on any atom is 0.219 e. The Morgan fingerprint density at radius 1 is 1.35 bits per heavy atom. The molecule has 1 saturated heterocycles. The second-order valence-electron chi connectivity index (χ2n) is 3.99. The van der Waals surface area contributed by atoms with E-state index in [9.17, 15) is 8.42 Å².